The van der Waals surface area contributed by atoms with Crippen molar-refractivity contribution in [2.24, 2.45) is 0 Å². The summed E-state index contributed by atoms with van der Waals surface area (Å²) >= 11 is 0. The van der Waals surface area contributed by atoms with Crippen molar-refractivity contribution in [1.29, 1.82) is 0 Å². The van der Waals surface area contributed by atoms with Crippen molar-refractivity contribution in [2.45, 2.75) is 38.0 Å². The van der Waals surface area contributed by atoms with Crippen LogP contribution >= 0.6 is 0 Å². The van der Waals surface area contributed by atoms with E-state index in [9.17, 15) is 0 Å². The molecule has 0 radical (unpaired) electrons. The largest absolute Gasteiger partial charge is 0.455 e. The van der Waals surface area contributed by atoms with Crippen molar-refractivity contribution in [3.8, 4) is 66.8 Å². The molecule has 12 rings (SSSR count). The van der Waals surface area contributed by atoms with Crippen molar-refractivity contribution in [3.63, 3.8) is 0 Å². The lowest BCUT2D eigenvalue weighted by molar-refractivity contribution is 0.654. The van der Waals surface area contributed by atoms with Gasteiger partial charge in [0.1, 0.15) is 11.2 Å². The fourth-order valence-corrected chi connectivity index (χ4v) is 10.8. The molecule has 1 aliphatic rings. The predicted molar refractivity (Wildman–Crippen MR) is 282 cm³/mol. The summed E-state index contributed by atoms with van der Waals surface area (Å²) in [5.41, 5.74) is 23.5. The van der Waals surface area contributed by atoms with Gasteiger partial charge in [-0.05, 0) is 114 Å². The van der Waals surface area contributed by atoms with E-state index in [1.54, 1.807) is 0 Å². The second-order valence-electron chi connectivity index (χ2n) is 18.7. The Hall–Kier alpha value is -8.00. The molecule has 0 aliphatic heterocycles. The maximum absolute atomic E-state index is 6.36. The van der Waals surface area contributed by atoms with Crippen molar-refractivity contribution in [3.05, 3.63) is 264 Å². The van der Waals surface area contributed by atoms with E-state index in [-0.39, 0.29) is 11.3 Å². The number of fused-ring (bicyclic) bond motifs is 6. The summed E-state index contributed by atoms with van der Waals surface area (Å²) in [6.07, 6.45) is 1.96. The van der Waals surface area contributed by atoms with Gasteiger partial charge in [0.05, 0.1) is 0 Å². The maximum atomic E-state index is 6.36. The third-order valence-corrected chi connectivity index (χ3v) is 14.5. The highest BCUT2D eigenvalue weighted by Gasteiger charge is 2.36. The van der Waals surface area contributed by atoms with Crippen molar-refractivity contribution >= 4 is 21.9 Å². The van der Waals surface area contributed by atoms with Gasteiger partial charge in [-0.15, -0.1) is 0 Å². The van der Waals surface area contributed by atoms with Crippen LogP contribution in [0.25, 0.3) is 88.7 Å². The Bertz CT molecular complexity index is 3560. The number of aryl methyl sites for hydroxylation is 1. The quantitative estimate of drug-likeness (QED) is 0.134. The van der Waals surface area contributed by atoms with Gasteiger partial charge in [-0.25, -0.2) is 0 Å². The van der Waals surface area contributed by atoms with E-state index < -0.39 is 0 Å². The van der Waals surface area contributed by atoms with Gasteiger partial charge in [0.25, 0.3) is 0 Å². The Kier molecular flexibility index (Phi) is 10.1. The SMILES string of the molecule is CC1(C)c2cc(-c3ccccc3)ccc2-c2ccc(C(CCc3ccc(-c4ccc(-c5cccc6c5oc5ccccc56)cc4)cc3)c3ccc(-c4ccccc4-c4ccccc4)cc3)cc21. The van der Waals surface area contributed by atoms with E-state index >= 15 is 0 Å². The van der Waals surface area contributed by atoms with E-state index in [4.69, 9.17) is 4.42 Å². The van der Waals surface area contributed by atoms with E-state index in [1.807, 2.05) is 12.1 Å². The first kappa shape index (κ1) is 40.5. The van der Waals surface area contributed by atoms with Crippen LogP contribution in [0, 0.1) is 0 Å². The zero-order chi connectivity index (χ0) is 44.9. The molecule has 320 valence electrons. The molecule has 67 heavy (non-hydrogen) atoms. The highest BCUT2D eigenvalue weighted by molar-refractivity contribution is 6.09. The number of para-hydroxylation sites is 2. The minimum absolute atomic E-state index is 0.129. The molecule has 1 heteroatoms. The van der Waals surface area contributed by atoms with Gasteiger partial charge in [0.2, 0.25) is 0 Å². The monoisotopic (exact) mass is 858 g/mol. The zero-order valence-electron chi connectivity index (χ0n) is 37.9. The van der Waals surface area contributed by atoms with Crippen LogP contribution in [0.4, 0.5) is 0 Å². The molecule has 1 aromatic heterocycles. The summed E-state index contributed by atoms with van der Waals surface area (Å²) in [6, 6.07) is 86.9. The summed E-state index contributed by atoms with van der Waals surface area (Å²) in [5, 5.41) is 2.31. The fraction of sp³-hybridized carbons (Fsp3) is 0.0909. The van der Waals surface area contributed by atoms with Crippen molar-refractivity contribution < 1.29 is 4.42 Å². The van der Waals surface area contributed by atoms with Crippen LogP contribution < -0.4 is 0 Å². The molecule has 1 heterocycles. The molecule has 1 nitrogen and oxygen atoms in total. The van der Waals surface area contributed by atoms with Crippen LogP contribution in [-0.2, 0) is 11.8 Å². The van der Waals surface area contributed by atoms with Crippen LogP contribution in [0.1, 0.15) is 54.0 Å². The minimum Gasteiger partial charge on any atom is -0.455 e. The molecule has 1 aliphatic carbocycles. The molecule has 0 saturated carbocycles. The Morgan fingerprint density at radius 3 is 1.55 bits per heavy atom. The average molecular weight is 859 g/mol. The molecule has 0 N–H and O–H groups in total. The molecule has 0 saturated heterocycles. The zero-order valence-corrected chi connectivity index (χ0v) is 37.9. The first-order chi connectivity index (χ1) is 33.0. The topological polar surface area (TPSA) is 13.1 Å². The number of hydrogen-bond acceptors (Lipinski definition) is 1. The minimum atomic E-state index is -0.129. The number of benzene rings is 10. The normalized spacial score (nSPS) is 13.1. The Balaban J connectivity index is 0.843. The average Bonchev–Trinajstić information content (AvgIpc) is 3.88. The van der Waals surface area contributed by atoms with Crippen molar-refractivity contribution in [2.75, 3.05) is 0 Å². The number of furan rings is 1. The van der Waals surface area contributed by atoms with E-state index in [0.29, 0.717) is 0 Å². The van der Waals surface area contributed by atoms with Crippen molar-refractivity contribution in [1.82, 2.24) is 0 Å². The standard InChI is InChI=1S/C66H50O/c1-66(2)62-42-52(45-14-5-3-6-15-45)37-40-58(62)59-41-38-53(43-63(59)66)54(49-33-35-50(36-34-49)56-19-10-9-18-55(56)48-16-7-4-8-17-48)39-26-44-24-27-46(28-25-44)47-29-31-51(32-30-47)57-21-13-22-61-60-20-11-12-23-64(60)67-65(57)61/h3-25,27-38,40-43,54H,26,39H2,1-2H3. The Morgan fingerprint density at radius 2 is 0.836 bits per heavy atom. The smallest absolute Gasteiger partial charge is 0.143 e. The van der Waals surface area contributed by atoms with E-state index in [1.165, 1.54) is 83.5 Å². The lowest BCUT2D eigenvalue weighted by Crippen LogP contribution is -2.16. The molecule has 0 spiro atoms. The molecule has 11 aromatic rings. The Morgan fingerprint density at radius 1 is 0.358 bits per heavy atom. The molecule has 0 amide bonds. The summed E-state index contributed by atoms with van der Waals surface area (Å²) < 4.78 is 6.36. The van der Waals surface area contributed by atoms with E-state index in [2.05, 4.69) is 238 Å². The predicted octanol–water partition coefficient (Wildman–Crippen LogP) is 18.0. The number of hydrogen-bond donors (Lipinski definition) is 0. The summed E-state index contributed by atoms with van der Waals surface area (Å²) in [6.45, 7) is 4.81. The highest BCUT2D eigenvalue weighted by atomic mass is 16.3. The summed E-state index contributed by atoms with van der Waals surface area (Å²) in [5.74, 6) is 0.214. The second-order valence-corrected chi connectivity index (χ2v) is 18.7. The summed E-state index contributed by atoms with van der Waals surface area (Å²) in [7, 11) is 0. The van der Waals surface area contributed by atoms with Gasteiger partial charge >= 0.3 is 0 Å². The Labute approximate surface area is 393 Å². The summed E-state index contributed by atoms with van der Waals surface area (Å²) in [4.78, 5) is 0. The molecule has 0 bridgehead atoms. The molecular weight excluding hydrogens is 809 g/mol. The lowest BCUT2D eigenvalue weighted by Gasteiger charge is -2.25. The maximum Gasteiger partial charge on any atom is 0.143 e. The van der Waals surface area contributed by atoms with E-state index in [0.717, 1.165) is 45.9 Å². The van der Waals surface area contributed by atoms with Crippen LogP contribution in [0.5, 0.6) is 0 Å². The third kappa shape index (κ3) is 7.38. The molecule has 1 unspecified atom stereocenters. The molecular formula is C66H50O. The first-order valence-corrected chi connectivity index (χ1v) is 23.7. The van der Waals surface area contributed by atoms with Gasteiger partial charge in [-0.3, -0.25) is 0 Å². The van der Waals surface area contributed by atoms with Gasteiger partial charge < -0.3 is 4.42 Å². The van der Waals surface area contributed by atoms with Gasteiger partial charge in [-0.1, -0.05) is 238 Å². The van der Waals surface area contributed by atoms with Crippen LogP contribution in [0.2, 0.25) is 0 Å². The second kappa shape index (κ2) is 16.8. The highest BCUT2D eigenvalue weighted by Crippen LogP contribution is 2.51. The molecule has 10 aromatic carbocycles. The molecule has 0 fully saturated rings. The van der Waals surface area contributed by atoms with Gasteiger partial charge in [0, 0.05) is 27.7 Å². The molecule has 1 atom stereocenters. The van der Waals surface area contributed by atoms with Gasteiger partial charge in [0.15, 0.2) is 0 Å². The van der Waals surface area contributed by atoms with Crippen LogP contribution in [0.3, 0.4) is 0 Å². The third-order valence-electron chi connectivity index (χ3n) is 14.5. The lowest BCUT2D eigenvalue weighted by atomic mass is 9.79. The van der Waals surface area contributed by atoms with Crippen LogP contribution in [-0.4, -0.2) is 0 Å². The number of rotatable bonds is 10. The van der Waals surface area contributed by atoms with Gasteiger partial charge in [-0.2, -0.15) is 0 Å². The first-order valence-electron chi connectivity index (χ1n) is 23.7. The van der Waals surface area contributed by atoms with Crippen LogP contribution in [0.15, 0.2) is 241 Å². The fourth-order valence-electron chi connectivity index (χ4n) is 10.8.